The van der Waals surface area contributed by atoms with Crippen LogP contribution in [0.15, 0.2) is 54.6 Å². The van der Waals surface area contributed by atoms with Crippen molar-refractivity contribution in [3.05, 3.63) is 60.2 Å². The second-order valence-corrected chi connectivity index (χ2v) is 10.8. The van der Waals surface area contributed by atoms with Gasteiger partial charge in [-0.3, -0.25) is 9.13 Å². The predicted octanol–water partition coefficient (Wildman–Crippen LogP) is 5.50. The van der Waals surface area contributed by atoms with E-state index in [1.54, 1.807) is 26.0 Å². The molecule has 0 radical (unpaired) electrons. The van der Waals surface area contributed by atoms with Crippen molar-refractivity contribution in [1.29, 1.82) is 0 Å². The van der Waals surface area contributed by atoms with Crippen molar-refractivity contribution >= 4 is 25.6 Å². The second kappa shape index (κ2) is 11.1. The van der Waals surface area contributed by atoms with Gasteiger partial charge < -0.3 is 13.6 Å². The van der Waals surface area contributed by atoms with E-state index in [0.717, 1.165) is 18.4 Å². The Kier molecular flexibility index (Phi) is 9.14. The lowest BCUT2D eigenvalue weighted by molar-refractivity contribution is 0.219. The molecule has 0 aliphatic heterocycles. The van der Waals surface area contributed by atoms with Gasteiger partial charge in [-0.2, -0.15) is 0 Å². The van der Waals surface area contributed by atoms with Crippen molar-refractivity contribution in [3.63, 3.8) is 0 Å². The van der Waals surface area contributed by atoms with E-state index in [9.17, 15) is 9.13 Å². The van der Waals surface area contributed by atoms with Crippen LogP contribution in [-0.2, 0) is 28.9 Å². The molecule has 28 heavy (non-hydrogen) atoms. The Bertz CT molecular complexity index is 795. The minimum absolute atomic E-state index is 0.182. The summed E-state index contributed by atoms with van der Waals surface area (Å²) in [6.45, 7) is 6.74. The maximum absolute atomic E-state index is 13.8. The lowest BCUT2D eigenvalue weighted by Crippen LogP contribution is -2.18. The molecule has 0 aromatic heterocycles. The van der Waals surface area contributed by atoms with E-state index >= 15 is 0 Å². The van der Waals surface area contributed by atoms with Gasteiger partial charge in [0.15, 0.2) is 0 Å². The zero-order valence-corrected chi connectivity index (χ0v) is 18.7. The minimum Gasteiger partial charge on any atom is -0.322 e. The molecule has 0 heterocycles. The second-order valence-electron chi connectivity index (χ2n) is 6.34. The molecule has 0 amide bonds. The summed E-state index contributed by atoms with van der Waals surface area (Å²) in [4.78, 5) is 0. The summed E-state index contributed by atoms with van der Waals surface area (Å²) in [5.41, 5.74) is 0.808. The summed E-state index contributed by atoms with van der Waals surface area (Å²) in [5, 5.41) is 1.30. The molecular formula is C21H30O5P2. The molecular weight excluding hydrogens is 394 g/mol. The fourth-order valence-corrected chi connectivity index (χ4v) is 6.59. The largest absolute Gasteiger partial charge is 0.335 e. The quantitative estimate of drug-likeness (QED) is 0.333. The number of benzene rings is 2. The third-order valence-corrected chi connectivity index (χ3v) is 8.73. The van der Waals surface area contributed by atoms with Crippen LogP contribution in [0.4, 0.5) is 0 Å². The first kappa shape index (κ1) is 23.1. The molecule has 0 aliphatic carbocycles. The zero-order chi connectivity index (χ0) is 20.5. The lowest BCUT2D eigenvalue weighted by atomic mass is 10.2. The molecule has 154 valence electrons. The molecule has 0 aliphatic rings. The number of unbranched alkanes of at least 4 members (excludes halogenated alkanes) is 1. The van der Waals surface area contributed by atoms with Crippen LogP contribution >= 0.6 is 15.0 Å². The molecule has 0 saturated heterocycles. The van der Waals surface area contributed by atoms with Gasteiger partial charge in [-0.25, -0.2) is 0 Å². The van der Waals surface area contributed by atoms with Gasteiger partial charge in [0, 0.05) is 10.6 Å². The summed E-state index contributed by atoms with van der Waals surface area (Å²) < 4.78 is 43.1. The summed E-state index contributed by atoms with van der Waals surface area (Å²) in [6, 6.07) is 16.5. The zero-order valence-electron chi connectivity index (χ0n) is 16.9. The topological polar surface area (TPSA) is 61.8 Å². The van der Waals surface area contributed by atoms with Crippen LogP contribution < -0.4 is 10.6 Å². The first-order valence-corrected chi connectivity index (χ1v) is 13.1. The van der Waals surface area contributed by atoms with E-state index in [4.69, 9.17) is 13.6 Å². The third-order valence-electron chi connectivity index (χ3n) is 4.17. The molecule has 1 atom stereocenters. The average molecular weight is 424 g/mol. The molecule has 7 heteroatoms. The Morgan fingerprint density at radius 1 is 0.750 bits per heavy atom. The highest BCUT2D eigenvalue weighted by molar-refractivity contribution is 7.74. The molecule has 0 saturated carbocycles. The molecule has 2 rings (SSSR count). The Morgan fingerprint density at radius 2 is 1.32 bits per heavy atom. The van der Waals surface area contributed by atoms with E-state index < -0.39 is 15.0 Å². The maximum Gasteiger partial charge on any atom is 0.335 e. The molecule has 0 N–H and O–H groups in total. The monoisotopic (exact) mass is 424 g/mol. The molecule has 0 fully saturated rings. The van der Waals surface area contributed by atoms with Gasteiger partial charge in [0.05, 0.1) is 26.0 Å². The van der Waals surface area contributed by atoms with Gasteiger partial charge in [0.1, 0.15) is 0 Å². The van der Waals surface area contributed by atoms with Crippen molar-refractivity contribution in [2.75, 3.05) is 19.8 Å². The van der Waals surface area contributed by atoms with E-state index in [1.165, 1.54) is 0 Å². The summed E-state index contributed by atoms with van der Waals surface area (Å²) >= 11 is 0. The van der Waals surface area contributed by atoms with Crippen LogP contribution in [0.1, 0.15) is 39.2 Å². The number of hydrogen-bond donors (Lipinski definition) is 0. The van der Waals surface area contributed by atoms with Gasteiger partial charge in [0.2, 0.25) is 0 Å². The Hall–Kier alpha value is -1.22. The van der Waals surface area contributed by atoms with Gasteiger partial charge in [-0.15, -0.1) is 0 Å². The summed E-state index contributed by atoms with van der Waals surface area (Å²) in [6.07, 6.45) is 2.00. The SMILES string of the molecule is CCCCOP(=O)(c1ccccc1)c1ccc(CP(=O)(OCC)OCC)cc1. The normalized spacial score (nSPS) is 14.0. The average Bonchev–Trinajstić information content (AvgIpc) is 2.69. The van der Waals surface area contributed by atoms with E-state index in [-0.39, 0.29) is 6.16 Å². The summed E-state index contributed by atoms with van der Waals surface area (Å²) in [7, 11) is -6.36. The van der Waals surface area contributed by atoms with Crippen LogP contribution in [0, 0.1) is 0 Å². The van der Waals surface area contributed by atoms with Crippen LogP contribution in [-0.4, -0.2) is 19.8 Å². The van der Waals surface area contributed by atoms with Crippen LogP contribution in [0.25, 0.3) is 0 Å². The molecule has 0 bridgehead atoms. The van der Waals surface area contributed by atoms with Crippen molar-refractivity contribution in [1.82, 2.24) is 0 Å². The fraction of sp³-hybridized carbons (Fsp3) is 0.429. The molecule has 2 aromatic carbocycles. The molecule has 0 spiro atoms. The number of rotatable bonds is 12. The minimum atomic E-state index is -3.18. The first-order chi connectivity index (χ1) is 13.5. The molecule has 2 aromatic rings. The van der Waals surface area contributed by atoms with Gasteiger partial charge in [-0.05, 0) is 50.1 Å². The summed E-state index contributed by atoms with van der Waals surface area (Å²) in [5.74, 6) is 0. The molecule has 5 nitrogen and oxygen atoms in total. The Labute approximate surface area is 168 Å². The van der Waals surface area contributed by atoms with Crippen LogP contribution in [0.2, 0.25) is 0 Å². The smallest absolute Gasteiger partial charge is 0.322 e. The van der Waals surface area contributed by atoms with Crippen molar-refractivity contribution in [2.45, 2.75) is 39.8 Å². The van der Waals surface area contributed by atoms with E-state index in [0.29, 0.717) is 30.4 Å². The van der Waals surface area contributed by atoms with Crippen LogP contribution in [0.5, 0.6) is 0 Å². The first-order valence-electron chi connectivity index (χ1n) is 9.75. The Balaban J connectivity index is 2.28. The van der Waals surface area contributed by atoms with Gasteiger partial charge in [0.25, 0.3) is 7.37 Å². The lowest BCUT2D eigenvalue weighted by Gasteiger charge is -2.20. The predicted molar refractivity (Wildman–Crippen MR) is 115 cm³/mol. The van der Waals surface area contributed by atoms with E-state index in [1.807, 2.05) is 42.5 Å². The molecule has 1 unspecified atom stereocenters. The van der Waals surface area contributed by atoms with Crippen molar-refractivity contribution in [2.24, 2.45) is 0 Å². The highest BCUT2D eigenvalue weighted by Gasteiger charge is 2.29. The fourth-order valence-electron chi connectivity index (χ4n) is 2.80. The Morgan fingerprint density at radius 3 is 1.86 bits per heavy atom. The highest BCUT2D eigenvalue weighted by atomic mass is 31.2. The number of hydrogen-bond acceptors (Lipinski definition) is 5. The third kappa shape index (κ3) is 6.14. The standard InChI is InChI=1S/C21H30O5P2/c1-4-7-17-26-28(23,20-11-9-8-10-12-20)21-15-13-19(14-16-21)18-27(22,24-5-2)25-6-3/h8-16H,4-7,17-18H2,1-3H3. The van der Waals surface area contributed by atoms with Crippen LogP contribution in [0.3, 0.4) is 0 Å². The van der Waals surface area contributed by atoms with Gasteiger partial charge >= 0.3 is 7.60 Å². The highest BCUT2D eigenvalue weighted by Crippen LogP contribution is 2.51. The van der Waals surface area contributed by atoms with Gasteiger partial charge in [-0.1, -0.05) is 43.7 Å². The van der Waals surface area contributed by atoms with Crippen molar-refractivity contribution < 1.29 is 22.7 Å². The maximum atomic E-state index is 13.8. The van der Waals surface area contributed by atoms with Crippen molar-refractivity contribution in [3.8, 4) is 0 Å². The van der Waals surface area contributed by atoms with E-state index in [2.05, 4.69) is 6.92 Å².